The Hall–Kier alpha value is -2.07. The summed E-state index contributed by atoms with van der Waals surface area (Å²) in [6, 6.07) is 11.4. The maximum absolute atomic E-state index is 13.6. The molecular weight excluding hydrogens is 510 g/mol. The Morgan fingerprint density at radius 1 is 1.10 bits per heavy atom. The summed E-state index contributed by atoms with van der Waals surface area (Å²) < 4.78 is 18.7. The number of halogens is 3. The summed E-state index contributed by atoms with van der Waals surface area (Å²) in [5.41, 5.74) is 1.03. The summed E-state index contributed by atoms with van der Waals surface area (Å²) in [4.78, 5) is 16.1. The highest BCUT2D eigenvalue weighted by Crippen LogP contribution is 2.22. The number of methoxy groups -OCH3 is 1. The van der Waals surface area contributed by atoms with Crippen LogP contribution in [-0.2, 0) is 6.42 Å². The lowest BCUT2D eigenvalue weighted by molar-refractivity contribution is 0.0950. The first-order chi connectivity index (χ1) is 13.5. The number of carbonyl (C=O) groups is 1. The highest BCUT2D eigenvalue weighted by atomic mass is 127. The quantitative estimate of drug-likeness (QED) is 0.210. The van der Waals surface area contributed by atoms with Gasteiger partial charge in [0.05, 0.1) is 12.7 Å². The molecule has 0 saturated carbocycles. The predicted molar refractivity (Wildman–Crippen MR) is 125 cm³/mol. The van der Waals surface area contributed by atoms with Crippen molar-refractivity contribution in [1.82, 2.24) is 16.0 Å². The fourth-order valence-electron chi connectivity index (χ4n) is 2.49. The number of aliphatic imine (C=N–C) groups is 1. The molecule has 0 unspecified atom stereocenters. The second kappa shape index (κ2) is 13.2. The van der Waals surface area contributed by atoms with Crippen LogP contribution < -0.4 is 20.7 Å². The molecule has 0 aliphatic carbocycles. The standard InChI is InChI=1S/C20H24ClFN4O2.HI/c1-23-20(25-10-9-14-7-8-15(28-2)13-17(14)21)26-12-11-24-19(27)16-5-3-4-6-18(16)22;/h3-8,13H,9-12H2,1-2H3,(H,24,27)(H2,23,25,26);1H. The smallest absolute Gasteiger partial charge is 0.254 e. The van der Waals surface area contributed by atoms with E-state index >= 15 is 0 Å². The van der Waals surface area contributed by atoms with E-state index in [4.69, 9.17) is 16.3 Å². The molecule has 158 valence electrons. The van der Waals surface area contributed by atoms with Crippen LogP contribution in [0.4, 0.5) is 4.39 Å². The predicted octanol–water partition coefficient (Wildman–Crippen LogP) is 3.24. The summed E-state index contributed by atoms with van der Waals surface area (Å²) in [7, 11) is 3.26. The van der Waals surface area contributed by atoms with Crippen LogP contribution in [0.3, 0.4) is 0 Å². The molecule has 9 heteroatoms. The topological polar surface area (TPSA) is 74.8 Å². The van der Waals surface area contributed by atoms with Crippen molar-refractivity contribution < 1.29 is 13.9 Å². The van der Waals surface area contributed by atoms with E-state index < -0.39 is 11.7 Å². The van der Waals surface area contributed by atoms with Gasteiger partial charge in [0.1, 0.15) is 11.6 Å². The van der Waals surface area contributed by atoms with E-state index in [2.05, 4.69) is 20.9 Å². The molecule has 2 rings (SSSR count). The van der Waals surface area contributed by atoms with Crippen molar-refractivity contribution in [1.29, 1.82) is 0 Å². The van der Waals surface area contributed by atoms with E-state index in [9.17, 15) is 9.18 Å². The van der Waals surface area contributed by atoms with E-state index in [0.29, 0.717) is 37.0 Å². The Bertz CT molecular complexity index is 836. The highest BCUT2D eigenvalue weighted by molar-refractivity contribution is 14.0. The molecule has 29 heavy (non-hydrogen) atoms. The van der Waals surface area contributed by atoms with E-state index in [1.165, 1.54) is 12.1 Å². The molecule has 0 atom stereocenters. The molecule has 6 nitrogen and oxygen atoms in total. The van der Waals surface area contributed by atoms with Crippen LogP contribution in [0, 0.1) is 5.82 Å². The van der Waals surface area contributed by atoms with E-state index in [1.807, 2.05) is 12.1 Å². The van der Waals surface area contributed by atoms with E-state index in [0.717, 1.165) is 11.3 Å². The van der Waals surface area contributed by atoms with Crippen molar-refractivity contribution in [3.63, 3.8) is 0 Å². The Morgan fingerprint density at radius 3 is 2.45 bits per heavy atom. The SMILES string of the molecule is CN=C(NCCNC(=O)c1ccccc1F)NCCc1ccc(OC)cc1Cl.I. The number of guanidine groups is 1. The Morgan fingerprint density at radius 2 is 1.79 bits per heavy atom. The van der Waals surface area contributed by atoms with Crippen molar-refractivity contribution in [2.75, 3.05) is 33.8 Å². The maximum Gasteiger partial charge on any atom is 0.254 e. The minimum atomic E-state index is -0.539. The van der Waals surface area contributed by atoms with Gasteiger partial charge in [-0.25, -0.2) is 4.39 Å². The first kappa shape index (κ1) is 25.0. The normalized spacial score (nSPS) is 10.7. The highest BCUT2D eigenvalue weighted by Gasteiger charge is 2.09. The molecule has 2 aromatic rings. The second-order valence-corrected chi connectivity index (χ2v) is 6.28. The zero-order valence-electron chi connectivity index (χ0n) is 16.3. The molecule has 1 amide bonds. The molecule has 0 heterocycles. The molecule has 0 aliphatic heterocycles. The van der Waals surface area contributed by atoms with Crippen molar-refractivity contribution >= 4 is 47.4 Å². The number of ether oxygens (including phenoxy) is 1. The number of rotatable bonds is 8. The number of nitrogens with zero attached hydrogens (tertiary/aromatic N) is 1. The van der Waals surface area contributed by atoms with Crippen LogP contribution in [0.25, 0.3) is 0 Å². The van der Waals surface area contributed by atoms with Gasteiger partial charge < -0.3 is 20.7 Å². The fraction of sp³-hybridized carbons (Fsp3) is 0.300. The molecule has 0 spiro atoms. The van der Waals surface area contributed by atoms with Gasteiger partial charge in [-0.05, 0) is 36.2 Å². The van der Waals surface area contributed by atoms with Crippen molar-refractivity contribution in [3.8, 4) is 5.75 Å². The Kier molecular flexibility index (Phi) is 11.4. The van der Waals surface area contributed by atoms with Crippen LogP contribution >= 0.6 is 35.6 Å². The number of hydrogen-bond acceptors (Lipinski definition) is 3. The summed E-state index contributed by atoms with van der Waals surface area (Å²) in [6.45, 7) is 1.41. The van der Waals surface area contributed by atoms with E-state index in [1.54, 1.807) is 32.4 Å². The molecule has 0 saturated heterocycles. The van der Waals surface area contributed by atoms with Crippen LogP contribution in [-0.4, -0.2) is 45.7 Å². The molecule has 0 radical (unpaired) electrons. The monoisotopic (exact) mass is 534 g/mol. The zero-order chi connectivity index (χ0) is 20.4. The summed E-state index contributed by atoms with van der Waals surface area (Å²) in [6.07, 6.45) is 0.716. The fourth-order valence-corrected chi connectivity index (χ4v) is 2.76. The number of hydrogen-bond donors (Lipinski definition) is 3. The van der Waals surface area contributed by atoms with Gasteiger partial charge in [0.2, 0.25) is 0 Å². The summed E-state index contributed by atoms with van der Waals surface area (Å²) in [5.74, 6) is 0.334. The summed E-state index contributed by atoms with van der Waals surface area (Å²) >= 11 is 6.23. The van der Waals surface area contributed by atoms with Crippen molar-refractivity contribution in [2.45, 2.75) is 6.42 Å². The minimum Gasteiger partial charge on any atom is -0.497 e. The molecule has 0 aromatic heterocycles. The Balaban J connectivity index is 0.00000420. The van der Waals surface area contributed by atoms with Crippen molar-refractivity contribution in [2.24, 2.45) is 4.99 Å². The lowest BCUT2D eigenvalue weighted by Gasteiger charge is -2.13. The third-order valence-electron chi connectivity index (χ3n) is 3.99. The molecule has 0 aliphatic rings. The number of benzene rings is 2. The lowest BCUT2D eigenvalue weighted by Crippen LogP contribution is -2.42. The van der Waals surface area contributed by atoms with E-state index in [-0.39, 0.29) is 29.5 Å². The number of carbonyl (C=O) groups excluding carboxylic acids is 1. The molecule has 0 fully saturated rings. The first-order valence-corrected chi connectivity index (χ1v) is 9.22. The van der Waals surface area contributed by atoms with Gasteiger partial charge in [0.25, 0.3) is 5.91 Å². The molecule has 3 N–H and O–H groups in total. The first-order valence-electron chi connectivity index (χ1n) is 8.84. The van der Waals surface area contributed by atoms with Crippen LogP contribution in [0.1, 0.15) is 15.9 Å². The lowest BCUT2D eigenvalue weighted by atomic mass is 10.1. The number of nitrogens with one attached hydrogen (secondary N) is 3. The van der Waals surface area contributed by atoms with Gasteiger partial charge in [-0.2, -0.15) is 0 Å². The Labute approximate surface area is 192 Å². The molecular formula is C20H25ClFIN4O2. The minimum absolute atomic E-state index is 0. The zero-order valence-corrected chi connectivity index (χ0v) is 19.4. The third kappa shape index (κ3) is 8.06. The second-order valence-electron chi connectivity index (χ2n) is 5.87. The maximum atomic E-state index is 13.6. The average molecular weight is 535 g/mol. The van der Waals surface area contributed by atoms with Gasteiger partial charge in [-0.1, -0.05) is 29.8 Å². The average Bonchev–Trinajstić information content (AvgIpc) is 2.70. The van der Waals surface area contributed by atoms with Crippen LogP contribution in [0.2, 0.25) is 5.02 Å². The molecule has 2 aromatic carbocycles. The van der Waals surface area contributed by atoms with Crippen LogP contribution in [0.15, 0.2) is 47.5 Å². The van der Waals surface area contributed by atoms with Gasteiger partial charge in [0.15, 0.2) is 5.96 Å². The van der Waals surface area contributed by atoms with Gasteiger partial charge >= 0.3 is 0 Å². The molecule has 0 bridgehead atoms. The largest absolute Gasteiger partial charge is 0.497 e. The van der Waals surface area contributed by atoms with Crippen LogP contribution in [0.5, 0.6) is 5.75 Å². The third-order valence-corrected chi connectivity index (χ3v) is 4.34. The van der Waals surface area contributed by atoms with Gasteiger partial charge in [-0.15, -0.1) is 24.0 Å². The van der Waals surface area contributed by atoms with Gasteiger partial charge in [-0.3, -0.25) is 9.79 Å². The van der Waals surface area contributed by atoms with Crippen molar-refractivity contribution in [3.05, 3.63) is 64.4 Å². The van der Waals surface area contributed by atoms with Gasteiger partial charge in [0, 0.05) is 31.7 Å². The number of amides is 1. The summed E-state index contributed by atoms with van der Waals surface area (Å²) in [5, 5.41) is 9.59.